The number of hydrogen-bond acceptors (Lipinski definition) is 5. The molecular weight excluding hydrogens is 336 g/mol. The standard InChI is InChI=1S/C22H44N4O/c1-17-11-13-23-19-7-3-4-8-20(19)24-18(2)12-14-26(15-16-27)22-10-6-5-9-21(22)25-17/h17-25,27H,3-16H2,1-2H3. The zero-order valence-electron chi connectivity index (χ0n) is 17.8. The molecule has 0 aromatic heterocycles. The number of hydrogen-bond donors (Lipinski definition) is 4. The molecule has 6 unspecified atom stereocenters. The number of nitrogens with zero attached hydrogens (tertiary/aromatic N) is 1. The summed E-state index contributed by atoms with van der Waals surface area (Å²) in [5, 5.41) is 21.5. The topological polar surface area (TPSA) is 59.6 Å². The van der Waals surface area contributed by atoms with E-state index < -0.39 is 0 Å². The van der Waals surface area contributed by atoms with Crippen molar-refractivity contribution in [3.05, 3.63) is 0 Å². The molecule has 3 aliphatic rings. The molecule has 2 saturated carbocycles. The zero-order valence-corrected chi connectivity index (χ0v) is 17.8. The van der Waals surface area contributed by atoms with Gasteiger partial charge in [-0.25, -0.2) is 0 Å². The summed E-state index contributed by atoms with van der Waals surface area (Å²) in [5.41, 5.74) is 0. The Labute approximate surface area is 167 Å². The van der Waals surface area contributed by atoms with E-state index in [1.807, 2.05) is 0 Å². The van der Waals surface area contributed by atoms with Gasteiger partial charge < -0.3 is 21.1 Å². The molecule has 0 amide bonds. The van der Waals surface area contributed by atoms with Gasteiger partial charge in [0.25, 0.3) is 0 Å². The molecule has 0 spiro atoms. The quantitative estimate of drug-likeness (QED) is 0.592. The van der Waals surface area contributed by atoms with Gasteiger partial charge in [-0.3, -0.25) is 4.90 Å². The molecule has 1 aliphatic heterocycles. The predicted octanol–water partition coefficient (Wildman–Crippen LogP) is 2.24. The van der Waals surface area contributed by atoms with Crippen LogP contribution in [-0.4, -0.2) is 72.5 Å². The van der Waals surface area contributed by atoms with Crippen LogP contribution in [0, 0.1) is 0 Å². The lowest BCUT2D eigenvalue weighted by Crippen LogP contribution is -2.57. The first-order valence-corrected chi connectivity index (χ1v) is 11.8. The van der Waals surface area contributed by atoms with E-state index >= 15 is 0 Å². The van der Waals surface area contributed by atoms with Crippen LogP contribution in [0.4, 0.5) is 0 Å². The molecule has 3 rings (SSSR count). The van der Waals surface area contributed by atoms with Crippen molar-refractivity contribution >= 4 is 0 Å². The minimum Gasteiger partial charge on any atom is -0.395 e. The fourth-order valence-electron chi connectivity index (χ4n) is 5.63. The van der Waals surface area contributed by atoms with Gasteiger partial charge >= 0.3 is 0 Å². The van der Waals surface area contributed by atoms with Crippen LogP contribution in [0.3, 0.4) is 0 Å². The molecule has 6 atom stereocenters. The molecular formula is C22H44N4O. The first-order chi connectivity index (χ1) is 13.2. The van der Waals surface area contributed by atoms with Crippen molar-refractivity contribution in [2.75, 3.05) is 26.2 Å². The predicted molar refractivity (Wildman–Crippen MR) is 113 cm³/mol. The molecule has 0 aromatic rings. The number of aliphatic hydroxyl groups excluding tert-OH is 1. The molecule has 3 fully saturated rings. The molecule has 27 heavy (non-hydrogen) atoms. The average molecular weight is 381 g/mol. The minimum atomic E-state index is 0.273. The second-order valence-electron chi connectivity index (χ2n) is 9.38. The Morgan fingerprint density at radius 2 is 1.41 bits per heavy atom. The Kier molecular flexibility index (Phi) is 8.85. The molecule has 1 heterocycles. The molecule has 4 N–H and O–H groups in total. The normalized spacial score (nSPS) is 40.6. The van der Waals surface area contributed by atoms with Gasteiger partial charge in [0.1, 0.15) is 0 Å². The van der Waals surface area contributed by atoms with Crippen molar-refractivity contribution in [2.45, 2.75) is 114 Å². The van der Waals surface area contributed by atoms with Crippen LogP contribution in [0.15, 0.2) is 0 Å². The first-order valence-electron chi connectivity index (χ1n) is 11.8. The van der Waals surface area contributed by atoms with E-state index in [9.17, 15) is 5.11 Å². The van der Waals surface area contributed by atoms with Gasteiger partial charge in [0, 0.05) is 49.3 Å². The lowest BCUT2D eigenvalue weighted by atomic mass is 9.87. The average Bonchev–Trinajstić information content (AvgIpc) is 2.66. The van der Waals surface area contributed by atoms with E-state index in [1.54, 1.807) is 0 Å². The summed E-state index contributed by atoms with van der Waals surface area (Å²) in [4.78, 5) is 2.59. The molecule has 0 radical (unpaired) electrons. The summed E-state index contributed by atoms with van der Waals surface area (Å²) in [6.45, 7) is 8.01. The monoisotopic (exact) mass is 380 g/mol. The van der Waals surface area contributed by atoms with Crippen LogP contribution in [-0.2, 0) is 0 Å². The van der Waals surface area contributed by atoms with Gasteiger partial charge in [-0.15, -0.1) is 0 Å². The fraction of sp³-hybridized carbons (Fsp3) is 1.00. The lowest BCUT2D eigenvalue weighted by Gasteiger charge is -2.42. The summed E-state index contributed by atoms with van der Waals surface area (Å²) < 4.78 is 0. The summed E-state index contributed by atoms with van der Waals surface area (Å²) in [7, 11) is 0. The third-order valence-electron chi connectivity index (χ3n) is 7.18. The Morgan fingerprint density at radius 1 is 0.778 bits per heavy atom. The molecule has 0 aromatic carbocycles. The SMILES string of the molecule is CC1CCN(CCO)C2CCCCC2NC(C)CCNC2CCCCC2N1. The maximum atomic E-state index is 9.67. The summed E-state index contributed by atoms with van der Waals surface area (Å²) in [6.07, 6.45) is 12.9. The highest BCUT2D eigenvalue weighted by Gasteiger charge is 2.32. The number of nitrogens with one attached hydrogen (secondary N) is 3. The number of aliphatic hydroxyl groups is 1. The Hall–Kier alpha value is -0.200. The van der Waals surface area contributed by atoms with Gasteiger partial charge in [0.2, 0.25) is 0 Å². The molecule has 5 heteroatoms. The van der Waals surface area contributed by atoms with E-state index in [-0.39, 0.29) is 6.61 Å². The molecule has 0 bridgehead atoms. The van der Waals surface area contributed by atoms with Gasteiger partial charge in [-0.1, -0.05) is 25.7 Å². The van der Waals surface area contributed by atoms with Crippen molar-refractivity contribution in [2.24, 2.45) is 0 Å². The molecule has 5 nitrogen and oxygen atoms in total. The van der Waals surface area contributed by atoms with Crippen LogP contribution in [0.1, 0.15) is 78.1 Å². The van der Waals surface area contributed by atoms with E-state index in [1.165, 1.54) is 64.2 Å². The van der Waals surface area contributed by atoms with Crippen LogP contribution in [0.5, 0.6) is 0 Å². The Balaban J connectivity index is 1.69. The Bertz CT molecular complexity index is 421. The van der Waals surface area contributed by atoms with Crippen LogP contribution in [0.2, 0.25) is 0 Å². The largest absolute Gasteiger partial charge is 0.395 e. The van der Waals surface area contributed by atoms with Crippen LogP contribution < -0.4 is 16.0 Å². The van der Waals surface area contributed by atoms with Gasteiger partial charge in [0.05, 0.1) is 6.61 Å². The first kappa shape index (κ1) is 21.5. The fourth-order valence-corrected chi connectivity index (χ4v) is 5.63. The molecule has 1 saturated heterocycles. The van der Waals surface area contributed by atoms with E-state index in [0.29, 0.717) is 36.3 Å². The van der Waals surface area contributed by atoms with Crippen molar-refractivity contribution in [3.8, 4) is 0 Å². The van der Waals surface area contributed by atoms with E-state index in [2.05, 4.69) is 34.7 Å². The number of rotatable bonds is 2. The third kappa shape index (κ3) is 6.40. The maximum absolute atomic E-state index is 9.67. The van der Waals surface area contributed by atoms with Gasteiger partial charge in [0.15, 0.2) is 0 Å². The minimum absolute atomic E-state index is 0.273. The third-order valence-corrected chi connectivity index (χ3v) is 7.18. The van der Waals surface area contributed by atoms with Gasteiger partial charge in [-0.05, 0) is 58.9 Å². The van der Waals surface area contributed by atoms with Crippen LogP contribution in [0.25, 0.3) is 0 Å². The van der Waals surface area contributed by atoms with Crippen molar-refractivity contribution < 1.29 is 5.11 Å². The summed E-state index contributed by atoms with van der Waals surface area (Å²) in [6, 6.07) is 3.50. The number of β-amino-alcohol motifs (C(OH)–C–C–N with tert-alkyl or cyclic N) is 1. The molecule has 2 aliphatic carbocycles. The smallest absolute Gasteiger partial charge is 0.0558 e. The second kappa shape index (κ2) is 11.1. The van der Waals surface area contributed by atoms with Crippen molar-refractivity contribution in [3.63, 3.8) is 0 Å². The summed E-state index contributed by atoms with van der Waals surface area (Å²) >= 11 is 0. The summed E-state index contributed by atoms with van der Waals surface area (Å²) in [5.74, 6) is 0. The van der Waals surface area contributed by atoms with Gasteiger partial charge in [-0.2, -0.15) is 0 Å². The highest BCUT2D eigenvalue weighted by molar-refractivity contribution is 4.92. The van der Waals surface area contributed by atoms with E-state index in [4.69, 9.17) is 0 Å². The highest BCUT2D eigenvalue weighted by atomic mass is 16.3. The van der Waals surface area contributed by atoms with Crippen LogP contribution >= 0.6 is 0 Å². The van der Waals surface area contributed by atoms with Crippen molar-refractivity contribution in [1.82, 2.24) is 20.9 Å². The van der Waals surface area contributed by atoms with E-state index in [0.717, 1.165) is 19.6 Å². The maximum Gasteiger partial charge on any atom is 0.0558 e. The number of fused-ring (bicyclic) bond motifs is 2. The highest BCUT2D eigenvalue weighted by Crippen LogP contribution is 2.25. The lowest BCUT2D eigenvalue weighted by molar-refractivity contribution is 0.0887. The zero-order chi connectivity index (χ0) is 19.1. The second-order valence-corrected chi connectivity index (χ2v) is 9.38. The Morgan fingerprint density at radius 3 is 2.19 bits per heavy atom. The van der Waals surface area contributed by atoms with Crippen molar-refractivity contribution in [1.29, 1.82) is 0 Å². The molecule has 158 valence electrons.